The molecule has 1 saturated carbocycles. The monoisotopic (exact) mass is 386 g/mol. The molecule has 3 aromatic carbocycles. The zero-order valence-electron chi connectivity index (χ0n) is 16.3. The van der Waals surface area contributed by atoms with E-state index in [0.29, 0.717) is 12.5 Å². The molecule has 146 valence electrons. The van der Waals surface area contributed by atoms with Crippen LogP contribution in [0.4, 0.5) is 4.39 Å². The van der Waals surface area contributed by atoms with Gasteiger partial charge in [-0.3, -0.25) is 4.79 Å². The lowest BCUT2D eigenvalue weighted by molar-refractivity contribution is -0.122. The predicted octanol–water partition coefficient (Wildman–Crippen LogP) is 4.80. The molecule has 5 rings (SSSR count). The quantitative estimate of drug-likeness (QED) is 0.683. The molecule has 0 radical (unpaired) electrons. The summed E-state index contributed by atoms with van der Waals surface area (Å²) < 4.78 is 13.3. The molecule has 29 heavy (non-hydrogen) atoms. The maximum atomic E-state index is 13.3. The molecule has 0 bridgehead atoms. The second kappa shape index (κ2) is 7.03. The van der Waals surface area contributed by atoms with Gasteiger partial charge >= 0.3 is 0 Å². The van der Waals surface area contributed by atoms with Gasteiger partial charge in [-0.2, -0.15) is 0 Å². The highest BCUT2D eigenvalue weighted by Gasteiger charge is 2.53. The first-order valence-electron chi connectivity index (χ1n) is 10.1. The van der Waals surface area contributed by atoms with E-state index in [1.807, 2.05) is 6.07 Å². The second-order valence-electron chi connectivity index (χ2n) is 8.00. The Hall–Kier alpha value is -3.14. The van der Waals surface area contributed by atoms with Crippen molar-refractivity contribution in [2.45, 2.75) is 19.5 Å². The maximum Gasteiger partial charge on any atom is 0.228 e. The summed E-state index contributed by atoms with van der Waals surface area (Å²) in [7, 11) is 0. The number of carbonyl (C=O) groups is 1. The van der Waals surface area contributed by atoms with Crippen LogP contribution in [-0.4, -0.2) is 17.4 Å². The van der Waals surface area contributed by atoms with Gasteiger partial charge in [-0.25, -0.2) is 4.39 Å². The molecule has 0 aromatic heterocycles. The highest BCUT2D eigenvalue weighted by atomic mass is 19.1. The number of nitrogens with one attached hydrogen (secondary N) is 1. The van der Waals surface area contributed by atoms with Crippen molar-refractivity contribution in [2.24, 2.45) is 11.8 Å². The van der Waals surface area contributed by atoms with Gasteiger partial charge in [0.2, 0.25) is 5.91 Å². The van der Waals surface area contributed by atoms with Crippen LogP contribution in [0.15, 0.2) is 78.5 Å². The number of rotatable bonds is 5. The van der Waals surface area contributed by atoms with Crippen molar-refractivity contribution in [2.75, 3.05) is 6.54 Å². The van der Waals surface area contributed by atoms with Gasteiger partial charge in [0, 0.05) is 25.2 Å². The summed E-state index contributed by atoms with van der Waals surface area (Å²) in [6, 6.07) is 21.5. The third kappa shape index (κ3) is 3.29. The Balaban J connectivity index is 1.25. The molecule has 4 heteroatoms. The summed E-state index contributed by atoms with van der Waals surface area (Å²) in [5, 5.41) is 5.49. The SMILES string of the molecule is C[C@H](c1cccc2ccccc12)N1C=C2[C@H](C(=O)NCc3cccc(F)c3)[C@H]2C1. The Labute approximate surface area is 169 Å². The normalized spacial score (nSPS) is 20.9. The molecule has 3 nitrogen and oxygen atoms in total. The highest BCUT2D eigenvalue weighted by Crippen LogP contribution is 2.52. The molecule has 1 fully saturated rings. The molecule has 1 N–H and O–H groups in total. The van der Waals surface area contributed by atoms with Crippen LogP contribution in [0.25, 0.3) is 10.8 Å². The number of nitrogens with zero attached hydrogens (tertiary/aromatic N) is 1. The first-order chi connectivity index (χ1) is 14.1. The molecule has 1 heterocycles. The molecule has 0 unspecified atom stereocenters. The fraction of sp³-hybridized carbons (Fsp3) is 0.240. The number of halogens is 1. The van der Waals surface area contributed by atoms with Gasteiger partial charge in [-0.05, 0) is 46.5 Å². The first kappa shape index (κ1) is 17.9. The summed E-state index contributed by atoms with van der Waals surface area (Å²) in [5.74, 6) is 0.0447. The lowest BCUT2D eigenvalue weighted by Gasteiger charge is -2.27. The maximum absolute atomic E-state index is 13.3. The van der Waals surface area contributed by atoms with Crippen LogP contribution >= 0.6 is 0 Å². The third-order valence-electron chi connectivity index (χ3n) is 6.21. The number of fused-ring (bicyclic) bond motifs is 2. The summed E-state index contributed by atoms with van der Waals surface area (Å²) in [4.78, 5) is 14.9. The summed E-state index contributed by atoms with van der Waals surface area (Å²) in [6.45, 7) is 3.46. The van der Waals surface area contributed by atoms with E-state index in [9.17, 15) is 9.18 Å². The van der Waals surface area contributed by atoms with Crippen molar-refractivity contribution < 1.29 is 9.18 Å². The first-order valence-corrected chi connectivity index (χ1v) is 10.1. The fourth-order valence-electron chi connectivity index (χ4n) is 4.54. The van der Waals surface area contributed by atoms with E-state index in [1.54, 1.807) is 6.07 Å². The van der Waals surface area contributed by atoms with Crippen molar-refractivity contribution in [1.82, 2.24) is 10.2 Å². The largest absolute Gasteiger partial charge is 0.370 e. The van der Waals surface area contributed by atoms with Gasteiger partial charge in [0.05, 0.1) is 12.0 Å². The average molecular weight is 386 g/mol. The van der Waals surface area contributed by atoms with E-state index < -0.39 is 0 Å². The smallest absolute Gasteiger partial charge is 0.228 e. The van der Waals surface area contributed by atoms with Crippen molar-refractivity contribution >= 4 is 16.7 Å². The van der Waals surface area contributed by atoms with E-state index in [-0.39, 0.29) is 23.7 Å². The molecule has 3 atom stereocenters. The van der Waals surface area contributed by atoms with Gasteiger partial charge in [0.15, 0.2) is 0 Å². The minimum atomic E-state index is -0.277. The van der Waals surface area contributed by atoms with Crippen molar-refractivity contribution in [3.63, 3.8) is 0 Å². The van der Waals surface area contributed by atoms with Crippen LogP contribution in [-0.2, 0) is 11.3 Å². The zero-order valence-corrected chi connectivity index (χ0v) is 16.3. The van der Waals surface area contributed by atoms with Gasteiger partial charge in [-0.1, -0.05) is 54.6 Å². The number of hydrogen-bond donors (Lipinski definition) is 1. The van der Waals surface area contributed by atoms with E-state index in [2.05, 4.69) is 65.8 Å². The molecule has 1 amide bonds. The van der Waals surface area contributed by atoms with E-state index in [4.69, 9.17) is 0 Å². The molecular weight excluding hydrogens is 363 g/mol. The molecule has 2 aliphatic rings. The summed E-state index contributed by atoms with van der Waals surface area (Å²) >= 11 is 0. The van der Waals surface area contributed by atoms with Gasteiger partial charge < -0.3 is 10.2 Å². The topological polar surface area (TPSA) is 32.3 Å². The van der Waals surface area contributed by atoms with E-state index in [1.165, 1.54) is 34.0 Å². The zero-order chi connectivity index (χ0) is 20.0. The third-order valence-corrected chi connectivity index (χ3v) is 6.21. The molecule has 3 aromatic rings. The van der Waals surface area contributed by atoms with Crippen molar-refractivity contribution in [3.8, 4) is 0 Å². The van der Waals surface area contributed by atoms with E-state index in [0.717, 1.165) is 12.1 Å². The van der Waals surface area contributed by atoms with Crippen LogP contribution in [0.5, 0.6) is 0 Å². The summed E-state index contributed by atoms with van der Waals surface area (Å²) in [6.07, 6.45) is 2.17. The Kier molecular flexibility index (Phi) is 4.35. The minimum Gasteiger partial charge on any atom is -0.370 e. The number of hydrogen-bond acceptors (Lipinski definition) is 2. The van der Waals surface area contributed by atoms with Crippen LogP contribution in [0, 0.1) is 17.7 Å². The van der Waals surface area contributed by atoms with E-state index >= 15 is 0 Å². The molecule has 1 aliphatic carbocycles. The molecule has 1 aliphatic heterocycles. The van der Waals surface area contributed by atoms with Gasteiger partial charge in [0.1, 0.15) is 5.82 Å². The Morgan fingerprint density at radius 3 is 2.72 bits per heavy atom. The number of amides is 1. The molecular formula is C25H23FN2O. The second-order valence-corrected chi connectivity index (χ2v) is 8.00. The van der Waals surface area contributed by atoms with Crippen LogP contribution in [0.2, 0.25) is 0 Å². The molecule has 0 saturated heterocycles. The molecule has 0 spiro atoms. The Bertz CT molecular complexity index is 1120. The Morgan fingerprint density at radius 2 is 1.93 bits per heavy atom. The van der Waals surface area contributed by atoms with Crippen LogP contribution in [0.3, 0.4) is 0 Å². The minimum absolute atomic E-state index is 0.0282. The lowest BCUT2D eigenvalue weighted by Crippen LogP contribution is -2.29. The average Bonchev–Trinajstić information content (AvgIpc) is 3.24. The van der Waals surface area contributed by atoms with Gasteiger partial charge in [-0.15, -0.1) is 0 Å². The predicted molar refractivity (Wildman–Crippen MR) is 112 cm³/mol. The van der Waals surface area contributed by atoms with Gasteiger partial charge in [0.25, 0.3) is 0 Å². The summed E-state index contributed by atoms with van der Waals surface area (Å²) in [5.41, 5.74) is 3.31. The standard InChI is InChI=1S/C25H23FN2O/c1-16(20-11-5-8-18-7-2-3-10-21(18)20)28-14-22-23(15-28)24(22)25(29)27-13-17-6-4-9-19(26)12-17/h2-12,14,16,23-24H,13,15H2,1H3,(H,27,29)/t16-,23+,24+/m1/s1. The van der Waals surface area contributed by atoms with Crippen LogP contribution < -0.4 is 5.32 Å². The number of carbonyl (C=O) groups excluding carboxylic acids is 1. The fourth-order valence-corrected chi connectivity index (χ4v) is 4.54. The van der Waals surface area contributed by atoms with Crippen LogP contribution in [0.1, 0.15) is 24.1 Å². The van der Waals surface area contributed by atoms with Crippen molar-refractivity contribution in [1.29, 1.82) is 0 Å². The Morgan fingerprint density at radius 1 is 1.14 bits per heavy atom. The van der Waals surface area contributed by atoms with Crippen molar-refractivity contribution in [3.05, 3.63) is 95.4 Å². The lowest BCUT2D eigenvalue weighted by atomic mass is 9.99. The number of benzene rings is 3. The highest BCUT2D eigenvalue weighted by molar-refractivity contribution is 5.88.